The second kappa shape index (κ2) is 10.5. The van der Waals surface area contributed by atoms with Gasteiger partial charge in [-0.2, -0.15) is 13.2 Å². The molecule has 0 radical (unpaired) electrons. The Morgan fingerprint density at radius 3 is 2.34 bits per heavy atom. The van der Waals surface area contributed by atoms with Crippen molar-refractivity contribution >= 4 is 40.7 Å². The second-order valence-corrected chi connectivity index (χ2v) is 10.6. The van der Waals surface area contributed by atoms with Gasteiger partial charge in [0.05, 0.1) is 5.56 Å². The van der Waals surface area contributed by atoms with Gasteiger partial charge < -0.3 is 10.6 Å². The van der Waals surface area contributed by atoms with Crippen molar-refractivity contribution in [3.05, 3.63) is 35.4 Å². The highest BCUT2D eigenvalue weighted by molar-refractivity contribution is 14.0. The average molecular weight is 545 g/mol. The van der Waals surface area contributed by atoms with Crippen LogP contribution in [-0.2, 0) is 22.4 Å². The summed E-state index contributed by atoms with van der Waals surface area (Å²) < 4.78 is 51.1. The number of aliphatic imine (C=N–C) groups is 1. The SMILES string of the molecule is CN=C(NCCS(=O)C(C)(C)C)NCC1(c2cccc(C(F)(F)F)c2)CCC1.I. The number of hydrogen-bond acceptors (Lipinski definition) is 2. The summed E-state index contributed by atoms with van der Waals surface area (Å²) in [6, 6.07) is 5.63. The number of rotatable bonds is 6. The molecule has 0 heterocycles. The second-order valence-electron chi connectivity index (χ2n) is 8.23. The molecule has 0 bridgehead atoms. The summed E-state index contributed by atoms with van der Waals surface area (Å²) in [5.41, 5.74) is -0.207. The van der Waals surface area contributed by atoms with E-state index in [9.17, 15) is 17.4 Å². The van der Waals surface area contributed by atoms with Crippen LogP contribution in [0.2, 0.25) is 0 Å². The van der Waals surface area contributed by atoms with E-state index >= 15 is 0 Å². The van der Waals surface area contributed by atoms with Crippen LogP contribution in [0.3, 0.4) is 0 Å². The van der Waals surface area contributed by atoms with Crippen molar-refractivity contribution in [3.8, 4) is 0 Å². The van der Waals surface area contributed by atoms with Crippen molar-refractivity contribution in [2.45, 2.75) is 56.4 Å². The van der Waals surface area contributed by atoms with E-state index in [-0.39, 0.29) is 34.1 Å². The molecule has 1 atom stereocenters. The predicted molar refractivity (Wildman–Crippen MR) is 125 cm³/mol. The maximum atomic E-state index is 13.1. The van der Waals surface area contributed by atoms with Crippen LogP contribution in [0.1, 0.15) is 51.2 Å². The molecule has 1 aliphatic rings. The van der Waals surface area contributed by atoms with Crippen LogP contribution in [-0.4, -0.2) is 40.8 Å². The van der Waals surface area contributed by atoms with E-state index in [4.69, 9.17) is 0 Å². The summed E-state index contributed by atoms with van der Waals surface area (Å²) in [4.78, 5) is 4.17. The van der Waals surface area contributed by atoms with Gasteiger partial charge in [-0.3, -0.25) is 9.20 Å². The molecule has 0 spiro atoms. The van der Waals surface area contributed by atoms with Crippen LogP contribution in [0.4, 0.5) is 13.2 Å². The first-order valence-corrected chi connectivity index (χ1v) is 10.8. The Morgan fingerprint density at radius 2 is 1.86 bits per heavy atom. The lowest BCUT2D eigenvalue weighted by molar-refractivity contribution is -0.137. The minimum absolute atomic E-state index is 0. The molecule has 0 aromatic heterocycles. The van der Waals surface area contributed by atoms with Gasteiger partial charge >= 0.3 is 6.18 Å². The number of nitrogens with zero attached hydrogens (tertiary/aromatic N) is 1. The molecule has 1 aliphatic carbocycles. The fraction of sp³-hybridized carbons (Fsp3) is 0.650. The van der Waals surface area contributed by atoms with Crippen molar-refractivity contribution < 1.29 is 17.4 Å². The quantitative estimate of drug-likeness (QED) is 0.316. The maximum absolute atomic E-state index is 13.1. The smallest absolute Gasteiger partial charge is 0.356 e. The molecule has 1 saturated carbocycles. The minimum atomic E-state index is -4.34. The van der Waals surface area contributed by atoms with E-state index in [1.807, 2.05) is 20.8 Å². The monoisotopic (exact) mass is 545 g/mol. The highest BCUT2D eigenvalue weighted by atomic mass is 127. The highest BCUT2D eigenvalue weighted by Crippen LogP contribution is 2.44. The van der Waals surface area contributed by atoms with E-state index in [2.05, 4.69) is 15.6 Å². The van der Waals surface area contributed by atoms with Crippen LogP contribution in [0.25, 0.3) is 0 Å². The summed E-state index contributed by atoms with van der Waals surface area (Å²) >= 11 is 0. The van der Waals surface area contributed by atoms with Crippen molar-refractivity contribution in [2.75, 3.05) is 25.9 Å². The third-order valence-corrected chi connectivity index (χ3v) is 7.13. The van der Waals surface area contributed by atoms with Gasteiger partial charge in [-0.25, -0.2) is 0 Å². The molecule has 166 valence electrons. The number of alkyl halides is 3. The van der Waals surface area contributed by atoms with Crippen molar-refractivity contribution in [2.24, 2.45) is 4.99 Å². The third kappa shape index (κ3) is 7.11. The molecule has 0 aliphatic heterocycles. The number of hydrogen-bond donors (Lipinski definition) is 2. The summed E-state index contributed by atoms with van der Waals surface area (Å²) in [6.07, 6.45) is -1.66. The molecule has 1 aromatic carbocycles. The molecular weight excluding hydrogens is 514 g/mol. The van der Waals surface area contributed by atoms with Crippen molar-refractivity contribution in [3.63, 3.8) is 0 Å². The van der Waals surface area contributed by atoms with E-state index in [1.54, 1.807) is 13.1 Å². The maximum Gasteiger partial charge on any atom is 0.416 e. The zero-order chi connectivity index (χ0) is 21.0. The number of benzene rings is 1. The van der Waals surface area contributed by atoms with Gasteiger partial charge in [0.25, 0.3) is 0 Å². The number of halogens is 4. The van der Waals surface area contributed by atoms with E-state index in [0.29, 0.717) is 30.4 Å². The van der Waals surface area contributed by atoms with Crippen molar-refractivity contribution in [1.29, 1.82) is 0 Å². The number of nitrogens with one attached hydrogen (secondary N) is 2. The van der Waals surface area contributed by atoms with E-state index in [0.717, 1.165) is 25.3 Å². The van der Waals surface area contributed by atoms with Crippen LogP contribution in [0.5, 0.6) is 0 Å². The van der Waals surface area contributed by atoms with Gasteiger partial charge in [-0.1, -0.05) is 24.6 Å². The Kier molecular flexibility index (Phi) is 9.45. The standard InChI is InChI=1S/C20H30F3N3OS.HI/c1-18(2,3)28(27)12-11-25-17(24-4)26-14-19(9-6-10-19)15-7-5-8-16(13-15)20(21,22)23;/h5,7-8,13H,6,9-12,14H2,1-4H3,(H2,24,25,26);1H. The Balaban J connectivity index is 0.00000420. The first kappa shape index (κ1) is 26.2. The first-order chi connectivity index (χ1) is 13.0. The lowest BCUT2D eigenvalue weighted by Crippen LogP contribution is -2.49. The Labute approximate surface area is 191 Å². The van der Waals surface area contributed by atoms with Crippen LogP contribution in [0.15, 0.2) is 29.3 Å². The van der Waals surface area contributed by atoms with Crippen molar-refractivity contribution in [1.82, 2.24) is 10.6 Å². The van der Waals surface area contributed by atoms with E-state index < -0.39 is 22.5 Å². The Morgan fingerprint density at radius 1 is 1.21 bits per heavy atom. The fourth-order valence-electron chi connectivity index (χ4n) is 3.24. The third-order valence-electron chi connectivity index (χ3n) is 5.19. The van der Waals surface area contributed by atoms with Gasteiger partial charge in [-0.15, -0.1) is 24.0 Å². The largest absolute Gasteiger partial charge is 0.416 e. The normalized spacial score (nSPS) is 17.7. The molecule has 1 aromatic rings. The molecule has 2 N–H and O–H groups in total. The molecule has 1 fully saturated rings. The zero-order valence-corrected chi connectivity index (χ0v) is 20.5. The average Bonchev–Trinajstić information content (AvgIpc) is 2.57. The molecular formula is C20H31F3IN3OS. The van der Waals surface area contributed by atoms with E-state index in [1.165, 1.54) is 12.1 Å². The number of guanidine groups is 1. The molecule has 0 saturated heterocycles. The van der Waals surface area contributed by atoms with Crippen LogP contribution in [0, 0.1) is 0 Å². The van der Waals surface area contributed by atoms with Crippen LogP contribution < -0.4 is 10.6 Å². The molecule has 9 heteroatoms. The van der Waals surface area contributed by atoms with Gasteiger partial charge in [0.2, 0.25) is 0 Å². The summed E-state index contributed by atoms with van der Waals surface area (Å²) in [7, 11) is 0.687. The Hall–Kier alpha value is -0.840. The van der Waals surface area contributed by atoms with Gasteiger partial charge in [0.1, 0.15) is 0 Å². The summed E-state index contributed by atoms with van der Waals surface area (Å²) in [5, 5.41) is 6.39. The highest BCUT2D eigenvalue weighted by Gasteiger charge is 2.40. The lowest BCUT2D eigenvalue weighted by atomic mass is 9.64. The molecule has 4 nitrogen and oxygen atoms in total. The first-order valence-electron chi connectivity index (χ1n) is 9.49. The molecule has 29 heavy (non-hydrogen) atoms. The molecule has 1 unspecified atom stereocenters. The van der Waals surface area contributed by atoms with Gasteiger partial charge in [-0.05, 0) is 45.2 Å². The molecule has 0 amide bonds. The van der Waals surface area contributed by atoms with Gasteiger partial charge in [0, 0.05) is 46.9 Å². The Bertz CT molecular complexity index is 728. The topological polar surface area (TPSA) is 53.5 Å². The minimum Gasteiger partial charge on any atom is -0.356 e. The fourth-order valence-corrected chi connectivity index (χ4v) is 4.14. The zero-order valence-electron chi connectivity index (χ0n) is 17.4. The predicted octanol–water partition coefficient (Wildman–Crippen LogP) is 4.46. The lowest BCUT2D eigenvalue weighted by Gasteiger charge is -2.43. The molecule has 2 rings (SSSR count). The summed E-state index contributed by atoms with van der Waals surface area (Å²) in [6.45, 7) is 6.83. The summed E-state index contributed by atoms with van der Waals surface area (Å²) in [5.74, 6) is 1.08. The van der Waals surface area contributed by atoms with Crippen LogP contribution >= 0.6 is 24.0 Å². The van der Waals surface area contributed by atoms with Gasteiger partial charge in [0.15, 0.2) is 5.96 Å².